The maximum absolute atomic E-state index is 8.52. The first-order chi connectivity index (χ1) is 4.73. The normalized spacial score (nSPS) is 6.92. The molecule has 64 valence electrons. The molecule has 12 heavy (non-hydrogen) atoms. The molecule has 2 N–H and O–H groups in total. The fraction of sp³-hybridized carbons (Fsp3) is 0. The van der Waals surface area contributed by atoms with Gasteiger partial charge in [-0.1, -0.05) is 8.25 Å². The monoisotopic (exact) mass is 218 g/mol. The predicted octanol–water partition coefficient (Wildman–Crippen LogP) is -2.63. The molecule has 0 aromatic carbocycles. The number of nitrogens with zero attached hydrogens (tertiary/aromatic N) is 2. The zero-order valence-electron chi connectivity index (χ0n) is 6.14. The second-order valence-electron chi connectivity index (χ2n) is 1.15. The van der Waals surface area contributed by atoms with Crippen LogP contribution in [0.15, 0.2) is 24.8 Å². The van der Waals surface area contributed by atoms with Gasteiger partial charge in [0.15, 0.2) is 0 Å². The van der Waals surface area contributed by atoms with Crippen molar-refractivity contribution in [1.82, 2.24) is 9.97 Å². The molecule has 0 amide bonds. The quantitative estimate of drug-likeness (QED) is 0.348. The molecule has 1 heterocycles. The summed E-state index contributed by atoms with van der Waals surface area (Å²) >= 11 is 0. The van der Waals surface area contributed by atoms with Crippen LogP contribution in [-0.4, -0.2) is 53.2 Å². The van der Waals surface area contributed by atoms with Gasteiger partial charge in [0.1, 0.15) is 6.33 Å². The van der Waals surface area contributed by atoms with Crippen LogP contribution in [0.2, 0.25) is 0 Å². The van der Waals surface area contributed by atoms with E-state index >= 15 is 0 Å². The molecular formula is C4H7CaN2O4P. The van der Waals surface area contributed by atoms with Crippen LogP contribution < -0.4 is 9.79 Å². The van der Waals surface area contributed by atoms with E-state index in [0.29, 0.717) is 0 Å². The molecule has 0 spiro atoms. The first kappa shape index (κ1) is 18.3. The Morgan fingerprint density at radius 1 is 1.17 bits per heavy atom. The number of rotatable bonds is 0. The van der Waals surface area contributed by atoms with Crippen LogP contribution in [0.25, 0.3) is 0 Å². The van der Waals surface area contributed by atoms with Crippen molar-refractivity contribution in [3.63, 3.8) is 0 Å². The van der Waals surface area contributed by atoms with E-state index in [2.05, 4.69) is 9.97 Å². The minimum absolute atomic E-state index is 0. The smallest absolute Gasteiger partial charge is 0.813 e. The second-order valence-corrected chi connectivity index (χ2v) is 1.65. The molecule has 1 rings (SSSR count). The molecule has 1 aromatic heterocycles. The topological polar surface area (TPSA) is 120 Å². The van der Waals surface area contributed by atoms with Gasteiger partial charge in [-0.2, -0.15) is 0 Å². The Kier molecular flexibility index (Phi) is 21.3. The number of aromatic nitrogens is 2. The van der Waals surface area contributed by atoms with Gasteiger partial charge in [-0.15, -0.1) is 0 Å². The van der Waals surface area contributed by atoms with Gasteiger partial charge >= 0.3 is 37.7 Å². The minimum Gasteiger partial charge on any atom is -0.813 e. The molecule has 0 aliphatic heterocycles. The Balaban J connectivity index is -0.000000124. The summed E-state index contributed by atoms with van der Waals surface area (Å²) < 4.78 is 8.52. The zero-order valence-corrected chi connectivity index (χ0v) is 9.34. The molecule has 6 nitrogen and oxygen atoms in total. The van der Waals surface area contributed by atoms with E-state index in [4.69, 9.17) is 14.4 Å². The van der Waals surface area contributed by atoms with Crippen molar-refractivity contribution in [2.24, 2.45) is 0 Å². The van der Waals surface area contributed by atoms with Gasteiger partial charge < -0.3 is 19.8 Å². The summed E-state index contributed by atoms with van der Waals surface area (Å²) in [6.45, 7) is 0. The largest absolute Gasteiger partial charge is 2.00 e. The summed E-state index contributed by atoms with van der Waals surface area (Å²) in [6, 6.07) is 1.78. The molecule has 1 aromatic rings. The van der Waals surface area contributed by atoms with Crippen molar-refractivity contribution in [3.05, 3.63) is 24.8 Å². The van der Waals surface area contributed by atoms with Crippen LogP contribution in [0, 0.1) is 0 Å². The summed E-state index contributed by atoms with van der Waals surface area (Å²) in [5, 5.41) is 0. The Morgan fingerprint density at radius 3 is 1.58 bits per heavy atom. The average molecular weight is 218 g/mol. The Hall–Kier alpha value is 0.450. The Labute approximate surface area is 99.9 Å². The van der Waals surface area contributed by atoms with E-state index < -0.39 is 8.25 Å². The molecule has 0 aliphatic rings. The third-order valence-electron chi connectivity index (χ3n) is 0.478. The van der Waals surface area contributed by atoms with Gasteiger partial charge in [-0.25, -0.2) is 9.97 Å². The minimum atomic E-state index is -3.63. The van der Waals surface area contributed by atoms with Crippen LogP contribution in [0.3, 0.4) is 0 Å². The van der Waals surface area contributed by atoms with Crippen molar-refractivity contribution in [2.75, 3.05) is 0 Å². The number of hydrogen-bond donors (Lipinski definition) is 0. The summed E-state index contributed by atoms with van der Waals surface area (Å²) in [7, 11) is -3.63. The van der Waals surface area contributed by atoms with Crippen LogP contribution in [-0.2, 0) is 4.57 Å². The van der Waals surface area contributed by atoms with Crippen LogP contribution in [0.1, 0.15) is 0 Å². The first-order valence-electron chi connectivity index (χ1n) is 2.31. The fourth-order valence-corrected chi connectivity index (χ4v) is 0.253. The van der Waals surface area contributed by atoms with Gasteiger partial charge in [-0.3, -0.25) is 0 Å². The second kappa shape index (κ2) is 14.0. The molecule has 0 fully saturated rings. The maximum atomic E-state index is 8.52. The summed E-state index contributed by atoms with van der Waals surface area (Å²) in [5.41, 5.74) is 0. The van der Waals surface area contributed by atoms with Crippen molar-refractivity contribution in [1.29, 1.82) is 0 Å². The van der Waals surface area contributed by atoms with E-state index in [-0.39, 0.29) is 43.2 Å². The Morgan fingerprint density at radius 2 is 1.50 bits per heavy atom. The summed E-state index contributed by atoms with van der Waals surface area (Å²) in [6.07, 6.45) is 4.88. The van der Waals surface area contributed by atoms with E-state index in [1.54, 1.807) is 18.5 Å². The van der Waals surface area contributed by atoms with Crippen molar-refractivity contribution in [3.8, 4) is 0 Å². The van der Waals surface area contributed by atoms with Crippen LogP contribution in [0.4, 0.5) is 0 Å². The van der Waals surface area contributed by atoms with Crippen LogP contribution in [0.5, 0.6) is 0 Å². The average Bonchev–Trinajstić information content (AvgIpc) is 1.90. The fourth-order valence-electron chi connectivity index (χ4n) is 0.253. The van der Waals surface area contributed by atoms with Crippen molar-refractivity contribution in [2.45, 2.75) is 0 Å². The van der Waals surface area contributed by atoms with Crippen LogP contribution >= 0.6 is 8.25 Å². The first-order valence-corrected chi connectivity index (χ1v) is 3.54. The van der Waals surface area contributed by atoms with Gasteiger partial charge in [0, 0.05) is 12.4 Å². The molecule has 0 radical (unpaired) electrons. The standard InChI is InChI=1S/C4H4N2.Ca.H3O3P.H2O/c1-2-5-4-6-3-1;;1-4(2)3;/h1-4H;;4H,(H2,1,2,3);1H2/q;+2;;/p-2. The molecule has 0 saturated carbocycles. The van der Waals surface area contributed by atoms with Gasteiger partial charge in [0.2, 0.25) is 0 Å². The van der Waals surface area contributed by atoms with Gasteiger partial charge in [-0.05, 0) is 6.07 Å². The molecule has 0 atom stereocenters. The number of hydrogen-bond acceptors (Lipinski definition) is 5. The molecule has 0 aliphatic carbocycles. The third-order valence-corrected chi connectivity index (χ3v) is 0.478. The molecular weight excluding hydrogens is 211 g/mol. The molecule has 0 saturated heterocycles. The van der Waals surface area contributed by atoms with E-state index in [0.717, 1.165) is 0 Å². The van der Waals surface area contributed by atoms with E-state index in [9.17, 15) is 0 Å². The SMILES string of the molecule is O.O=[PH]([O-])[O-].[Ca+2].c1cncnc1. The summed E-state index contributed by atoms with van der Waals surface area (Å²) in [4.78, 5) is 24.4. The molecule has 0 bridgehead atoms. The van der Waals surface area contributed by atoms with Gasteiger partial charge in [0.05, 0.1) is 0 Å². The zero-order chi connectivity index (χ0) is 7.82. The summed E-state index contributed by atoms with van der Waals surface area (Å²) in [5.74, 6) is 0. The third kappa shape index (κ3) is 22.4. The van der Waals surface area contributed by atoms with E-state index in [1.165, 1.54) is 6.33 Å². The van der Waals surface area contributed by atoms with Crippen molar-refractivity contribution < 1.29 is 19.8 Å². The van der Waals surface area contributed by atoms with E-state index in [1.807, 2.05) is 0 Å². The maximum Gasteiger partial charge on any atom is 2.00 e. The van der Waals surface area contributed by atoms with Crippen molar-refractivity contribution >= 4 is 46.0 Å². The molecule has 0 unspecified atom stereocenters. The Bertz CT molecular complexity index is 157. The predicted molar refractivity (Wildman–Crippen MR) is 40.4 cm³/mol. The van der Waals surface area contributed by atoms with Gasteiger partial charge in [0.25, 0.3) is 0 Å². The molecule has 8 heteroatoms.